The molecule has 0 fully saturated rings. The van der Waals surface area contributed by atoms with Gasteiger partial charge in [-0.15, -0.1) is 68.0 Å². The highest BCUT2D eigenvalue weighted by atomic mass is 32.1. The van der Waals surface area contributed by atoms with Gasteiger partial charge in [0.15, 0.2) is 0 Å². The smallest absolute Gasteiger partial charge is 0.0695 e. The van der Waals surface area contributed by atoms with Crippen LogP contribution >= 0.6 is 68.0 Å². The van der Waals surface area contributed by atoms with Gasteiger partial charge in [0.1, 0.15) is 0 Å². The molecule has 0 bridgehead atoms. The average Bonchev–Trinajstić information content (AvgIpc) is 3.73. The molecule has 222 valence electrons. The van der Waals surface area contributed by atoms with Crippen molar-refractivity contribution < 1.29 is 0 Å². The Morgan fingerprint density at radius 2 is 0.619 bits per heavy atom. The van der Waals surface area contributed by atoms with E-state index in [4.69, 9.17) is 34.4 Å². The highest BCUT2D eigenvalue weighted by Crippen LogP contribution is 2.43. The number of aryl methyl sites for hydroxylation is 6. The van der Waals surface area contributed by atoms with E-state index < -0.39 is 0 Å². The summed E-state index contributed by atoms with van der Waals surface area (Å²) in [4.78, 5) is 14.2. The number of nitrogen functional groups attached to an aromatic ring is 6. The van der Waals surface area contributed by atoms with Gasteiger partial charge in [0, 0.05) is 61.0 Å². The van der Waals surface area contributed by atoms with Crippen molar-refractivity contribution >= 4 is 102 Å². The van der Waals surface area contributed by atoms with E-state index in [1.54, 1.807) is 68.0 Å². The number of hydrogen-bond acceptors (Lipinski definition) is 12. The molecule has 6 rings (SSSR count). The highest BCUT2D eigenvalue weighted by Gasteiger charge is 2.13. The zero-order chi connectivity index (χ0) is 30.9. The van der Waals surface area contributed by atoms with Gasteiger partial charge in [-0.2, -0.15) is 0 Å². The molecule has 12 N–H and O–H groups in total. The first-order valence-corrected chi connectivity index (χ1v) is 17.8. The summed E-state index contributed by atoms with van der Waals surface area (Å²) in [5.41, 5.74) is 40.3. The third kappa shape index (κ3) is 7.31. The normalized spacial score (nSPS) is 10.7. The SMILES string of the molecule is Cc1cc(N)c(-c2cc(N)c(C)s2)s1.Cc1cc(N)c(-c2sc(C)cc2N)s1.Cc1sc(-c2cc(N)c(C)s2)cc1N. The molecule has 0 aliphatic rings. The Balaban J connectivity index is 0.000000145. The number of nitrogens with two attached hydrogens (primary N) is 6. The molecule has 0 saturated heterocycles. The Morgan fingerprint density at radius 1 is 0.333 bits per heavy atom. The van der Waals surface area contributed by atoms with E-state index in [9.17, 15) is 0 Å². The minimum Gasteiger partial charge on any atom is -0.398 e. The zero-order valence-electron chi connectivity index (χ0n) is 24.4. The van der Waals surface area contributed by atoms with Crippen molar-refractivity contribution in [3.63, 3.8) is 0 Å². The average molecular weight is 673 g/mol. The summed E-state index contributed by atoms with van der Waals surface area (Å²) < 4.78 is 0. The lowest BCUT2D eigenvalue weighted by Gasteiger charge is -1.96. The van der Waals surface area contributed by atoms with Crippen LogP contribution < -0.4 is 34.4 Å². The fourth-order valence-electron chi connectivity index (χ4n) is 3.99. The van der Waals surface area contributed by atoms with E-state index in [2.05, 4.69) is 20.8 Å². The molecule has 0 unspecified atom stereocenters. The maximum absolute atomic E-state index is 5.91. The lowest BCUT2D eigenvalue weighted by molar-refractivity contribution is 1.62. The Kier molecular flexibility index (Phi) is 9.96. The zero-order valence-corrected chi connectivity index (χ0v) is 29.3. The summed E-state index contributed by atoms with van der Waals surface area (Å²) in [6.45, 7) is 12.3. The monoisotopic (exact) mass is 672 g/mol. The largest absolute Gasteiger partial charge is 0.398 e. The molecule has 0 atom stereocenters. The van der Waals surface area contributed by atoms with Gasteiger partial charge in [0.25, 0.3) is 0 Å². The van der Waals surface area contributed by atoms with Crippen LogP contribution in [0.2, 0.25) is 0 Å². The van der Waals surface area contributed by atoms with Gasteiger partial charge in [-0.3, -0.25) is 0 Å². The summed E-state index contributed by atoms with van der Waals surface area (Å²) >= 11 is 10.3. The van der Waals surface area contributed by atoms with Crippen LogP contribution in [0.1, 0.15) is 29.3 Å². The number of rotatable bonds is 3. The maximum atomic E-state index is 5.91. The van der Waals surface area contributed by atoms with E-state index in [0.717, 1.165) is 53.6 Å². The van der Waals surface area contributed by atoms with Gasteiger partial charge in [-0.25, -0.2) is 0 Å². The van der Waals surface area contributed by atoms with Crippen LogP contribution in [0, 0.1) is 41.5 Å². The molecule has 0 radical (unpaired) electrons. The molecule has 0 aliphatic carbocycles. The Labute approximate surface area is 271 Å². The molecule has 6 nitrogen and oxygen atoms in total. The fraction of sp³-hybridized carbons (Fsp3) is 0.200. The second kappa shape index (κ2) is 13.1. The highest BCUT2D eigenvalue weighted by molar-refractivity contribution is 7.24. The Hall–Kier alpha value is -3.00. The van der Waals surface area contributed by atoms with E-state index in [1.165, 1.54) is 39.0 Å². The van der Waals surface area contributed by atoms with Crippen LogP contribution in [-0.2, 0) is 0 Å². The summed E-state index contributed by atoms with van der Waals surface area (Å²) in [6.07, 6.45) is 0. The Bertz CT molecular complexity index is 1680. The van der Waals surface area contributed by atoms with Crippen molar-refractivity contribution in [1.29, 1.82) is 0 Å². The molecule has 12 heteroatoms. The van der Waals surface area contributed by atoms with Crippen LogP contribution in [-0.4, -0.2) is 0 Å². The van der Waals surface area contributed by atoms with E-state index in [-0.39, 0.29) is 0 Å². The summed E-state index contributed by atoms with van der Waals surface area (Å²) in [5.74, 6) is 0. The number of hydrogen-bond donors (Lipinski definition) is 6. The molecular formula is C30H36N6S6. The van der Waals surface area contributed by atoms with Gasteiger partial charge >= 0.3 is 0 Å². The molecule has 0 aromatic carbocycles. The van der Waals surface area contributed by atoms with Gasteiger partial charge in [-0.1, -0.05) is 0 Å². The number of anilines is 6. The standard InChI is InChI=1S/3C10H12N2S2/c1-5-7(11)3-9(13-5)10-4-8(12)6(2)14-10;1-5-3-8(12)10(13-5)9-4-7(11)6(2)14-9;1-5-3-7(11)9(13-5)10-8(12)4-6(2)14-10/h3*3-4H,11-12H2,1-2H3. The van der Waals surface area contributed by atoms with Gasteiger partial charge in [0.2, 0.25) is 0 Å². The lowest BCUT2D eigenvalue weighted by atomic mass is 10.3. The first kappa shape index (κ1) is 31.9. The number of thiophene rings is 6. The van der Waals surface area contributed by atoms with E-state index >= 15 is 0 Å². The van der Waals surface area contributed by atoms with Crippen molar-refractivity contribution in [3.05, 3.63) is 65.7 Å². The molecule has 6 aromatic heterocycles. The molecular weight excluding hydrogens is 637 g/mol. The summed E-state index contributed by atoms with van der Waals surface area (Å²) in [5, 5.41) is 0. The van der Waals surface area contributed by atoms with Crippen molar-refractivity contribution in [2.75, 3.05) is 34.4 Å². The van der Waals surface area contributed by atoms with Crippen molar-refractivity contribution in [2.24, 2.45) is 0 Å². The van der Waals surface area contributed by atoms with E-state index in [0.29, 0.717) is 0 Å². The molecule has 42 heavy (non-hydrogen) atoms. The first-order chi connectivity index (χ1) is 19.7. The summed E-state index contributed by atoms with van der Waals surface area (Å²) in [6, 6.07) is 12.0. The second-order valence-electron chi connectivity index (χ2n) is 9.79. The van der Waals surface area contributed by atoms with Crippen molar-refractivity contribution in [1.82, 2.24) is 0 Å². The molecule has 0 amide bonds. The first-order valence-electron chi connectivity index (χ1n) is 12.9. The van der Waals surface area contributed by atoms with Crippen LogP contribution in [0.5, 0.6) is 0 Å². The minimum absolute atomic E-state index is 0.834. The topological polar surface area (TPSA) is 156 Å². The van der Waals surface area contributed by atoms with Crippen molar-refractivity contribution in [2.45, 2.75) is 41.5 Å². The predicted octanol–water partition coefficient (Wildman–Crippen LogP) is 9.77. The van der Waals surface area contributed by atoms with Gasteiger partial charge in [0.05, 0.1) is 31.7 Å². The third-order valence-corrected chi connectivity index (χ3v) is 13.1. The van der Waals surface area contributed by atoms with Gasteiger partial charge < -0.3 is 34.4 Å². The maximum Gasteiger partial charge on any atom is 0.0695 e. The van der Waals surface area contributed by atoms with Crippen molar-refractivity contribution in [3.8, 4) is 29.3 Å². The molecule has 0 spiro atoms. The van der Waals surface area contributed by atoms with Crippen LogP contribution in [0.15, 0.2) is 36.4 Å². The third-order valence-electron chi connectivity index (χ3n) is 6.19. The second-order valence-corrected chi connectivity index (χ2v) is 17.3. The Morgan fingerprint density at radius 3 is 0.857 bits per heavy atom. The summed E-state index contributed by atoms with van der Waals surface area (Å²) in [7, 11) is 0. The van der Waals surface area contributed by atoms with Gasteiger partial charge in [-0.05, 0) is 77.9 Å². The van der Waals surface area contributed by atoms with Crippen LogP contribution in [0.4, 0.5) is 34.1 Å². The fourth-order valence-corrected chi connectivity index (χ4v) is 9.98. The minimum atomic E-state index is 0.834. The van der Waals surface area contributed by atoms with Crippen LogP contribution in [0.3, 0.4) is 0 Å². The molecule has 0 aliphatic heterocycles. The molecule has 6 heterocycles. The van der Waals surface area contributed by atoms with E-state index in [1.807, 2.05) is 57.2 Å². The quantitative estimate of drug-likeness (QED) is 0.110. The predicted molar refractivity (Wildman–Crippen MR) is 198 cm³/mol. The molecule has 6 aromatic rings. The van der Waals surface area contributed by atoms with Crippen LogP contribution in [0.25, 0.3) is 29.3 Å². The lowest BCUT2D eigenvalue weighted by Crippen LogP contribution is -1.86. The molecule has 0 saturated carbocycles.